The third kappa shape index (κ3) is 2.18. The Morgan fingerprint density at radius 2 is 1.87 bits per heavy atom. The molecule has 0 bridgehead atoms. The van der Waals surface area contributed by atoms with Crippen molar-refractivity contribution in [3.05, 3.63) is 52.7 Å². The molecule has 2 aromatic rings. The van der Waals surface area contributed by atoms with Crippen molar-refractivity contribution in [2.75, 3.05) is 0 Å². The highest BCUT2D eigenvalue weighted by molar-refractivity contribution is 6.29. The Morgan fingerprint density at radius 1 is 1.07 bits per heavy atom. The quantitative estimate of drug-likeness (QED) is 0.658. The average molecular weight is 218 g/mol. The van der Waals surface area contributed by atoms with Crippen LogP contribution < -0.4 is 0 Å². The van der Waals surface area contributed by atoms with Crippen LogP contribution in [0.3, 0.4) is 0 Å². The molecule has 0 amide bonds. The molecule has 0 N–H and O–H groups in total. The minimum absolute atomic E-state index is 0.535. The highest BCUT2D eigenvalue weighted by Gasteiger charge is 2.03. The second-order valence-corrected chi connectivity index (χ2v) is 4.05. The third-order valence-corrected chi connectivity index (χ3v) is 2.58. The van der Waals surface area contributed by atoms with Gasteiger partial charge in [0.15, 0.2) is 0 Å². The van der Waals surface area contributed by atoms with Crippen molar-refractivity contribution >= 4 is 11.6 Å². The summed E-state index contributed by atoms with van der Waals surface area (Å²) >= 11 is 5.87. The first-order valence-corrected chi connectivity index (χ1v) is 5.25. The molecule has 0 fully saturated rings. The lowest BCUT2D eigenvalue weighted by molar-refractivity contribution is 1.29. The number of benzene rings is 1. The maximum absolute atomic E-state index is 5.87. The lowest BCUT2D eigenvalue weighted by Gasteiger charge is -2.06. The zero-order valence-corrected chi connectivity index (χ0v) is 9.55. The van der Waals surface area contributed by atoms with Crippen molar-refractivity contribution in [2.24, 2.45) is 0 Å². The zero-order valence-electron chi connectivity index (χ0n) is 8.79. The largest absolute Gasteiger partial charge is 0.236 e. The minimum atomic E-state index is 0.535. The van der Waals surface area contributed by atoms with Gasteiger partial charge < -0.3 is 0 Å². The molecule has 0 radical (unpaired) electrons. The highest BCUT2D eigenvalue weighted by Crippen LogP contribution is 2.23. The van der Waals surface area contributed by atoms with Crippen LogP contribution >= 0.6 is 11.6 Å². The van der Waals surface area contributed by atoms with Gasteiger partial charge in [-0.1, -0.05) is 41.4 Å². The van der Waals surface area contributed by atoms with E-state index in [2.05, 4.69) is 37.0 Å². The Balaban J connectivity index is 2.54. The summed E-state index contributed by atoms with van der Waals surface area (Å²) in [5.74, 6) is 0. The number of aromatic nitrogens is 1. The predicted octanol–water partition coefficient (Wildman–Crippen LogP) is 4.02. The molecule has 0 aliphatic heterocycles. The average Bonchev–Trinajstić information content (AvgIpc) is 2.17. The van der Waals surface area contributed by atoms with Crippen molar-refractivity contribution in [3.8, 4) is 11.3 Å². The van der Waals surface area contributed by atoms with Gasteiger partial charge in [0.1, 0.15) is 5.15 Å². The maximum Gasteiger partial charge on any atom is 0.129 e. The molecule has 2 rings (SSSR count). The summed E-state index contributed by atoms with van der Waals surface area (Å²) in [7, 11) is 0. The normalized spacial score (nSPS) is 10.3. The second kappa shape index (κ2) is 4.03. The van der Waals surface area contributed by atoms with E-state index in [1.54, 1.807) is 6.07 Å². The van der Waals surface area contributed by atoms with Crippen molar-refractivity contribution in [1.29, 1.82) is 0 Å². The lowest BCUT2D eigenvalue weighted by atomic mass is 10.0. The van der Waals surface area contributed by atoms with Crippen molar-refractivity contribution < 1.29 is 0 Å². The van der Waals surface area contributed by atoms with Gasteiger partial charge in [0.25, 0.3) is 0 Å². The van der Waals surface area contributed by atoms with E-state index >= 15 is 0 Å². The first-order valence-electron chi connectivity index (χ1n) is 4.87. The Hall–Kier alpha value is -1.34. The Labute approximate surface area is 94.7 Å². The van der Waals surface area contributed by atoms with Crippen LogP contribution in [0.4, 0.5) is 0 Å². The molecule has 1 aromatic carbocycles. The molecule has 0 aliphatic carbocycles. The molecule has 0 spiro atoms. The van der Waals surface area contributed by atoms with Gasteiger partial charge >= 0.3 is 0 Å². The molecule has 0 unspecified atom stereocenters. The molecule has 0 aliphatic rings. The van der Waals surface area contributed by atoms with Crippen LogP contribution in [0.5, 0.6) is 0 Å². The molecule has 15 heavy (non-hydrogen) atoms. The highest BCUT2D eigenvalue weighted by atomic mass is 35.5. The first-order chi connectivity index (χ1) is 7.16. The third-order valence-electron chi connectivity index (χ3n) is 2.37. The SMILES string of the molecule is Cc1ccc(-c2cccc(Cl)n2)c(C)c1. The lowest BCUT2D eigenvalue weighted by Crippen LogP contribution is -1.87. The molecular formula is C13H12ClN. The van der Waals surface area contributed by atoms with E-state index in [0.717, 1.165) is 11.3 Å². The standard InChI is InChI=1S/C13H12ClN/c1-9-6-7-11(10(2)8-9)12-4-3-5-13(14)15-12/h3-8H,1-2H3. The van der Waals surface area contributed by atoms with Gasteiger partial charge in [0.05, 0.1) is 5.69 Å². The Morgan fingerprint density at radius 3 is 2.53 bits per heavy atom. The molecular weight excluding hydrogens is 206 g/mol. The fourth-order valence-corrected chi connectivity index (χ4v) is 1.82. The number of nitrogens with zero attached hydrogens (tertiary/aromatic N) is 1. The molecule has 76 valence electrons. The van der Waals surface area contributed by atoms with Gasteiger partial charge in [-0.05, 0) is 31.5 Å². The van der Waals surface area contributed by atoms with Crippen LogP contribution in [0.15, 0.2) is 36.4 Å². The van der Waals surface area contributed by atoms with E-state index in [0.29, 0.717) is 5.15 Å². The van der Waals surface area contributed by atoms with E-state index in [-0.39, 0.29) is 0 Å². The number of rotatable bonds is 1. The number of hydrogen-bond donors (Lipinski definition) is 0. The van der Waals surface area contributed by atoms with Crippen molar-refractivity contribution in [3.63, 3.8) is 0 Å². The van der Waals surface area contributed by atoms with Gasteiger partial charge in [-0.25, -0.2) is 4.98 Å². The second-order valence-electron chi connectivity index (χ2n) is 3.66. The van der Waals surface area contributed by atoms with Crippen LogP contribution in [0.2, 0.25) is 5.15 Å². The van der Waals surface area contributed by atoms with Crippen LogP contribution in [0, 0.1) is 13.8 Å². The van der Waals surface area contributed by atoms with Gasteiger partial charge in [0.2, 0.25) is 0 Å². The van der Waals surface area contributed by atoms with Crippen molar-refractivity contribution in [1.82, 2.24) is 4.98 Å². The summed E-state index contributed by atoms with van der Waals surface area (Å²) in [5, 5.41) is 0.535. The molecule has 0 saturated carbocycles. The monoisotopic (exact) mass is 217 g/mol. The van der Waals surface area contributed by atoms with Gasteiger partial charge in [0, 0.05) is 5.56 Å². The summed E-state index contributed by atoms with van der Waals surface area (Å²) in [5.41, 5.74) is 4.56. The smallest absolute Gasteiger partial charge is 0.129 e. The minimum Gasteiger partial charge on any atom is -0.236 e. The van der Waals surface area contributed by atoms with Crippen LogP contribution in [-0.4, -0.2) is 4.98 Å². The Bertz CT molecular complexity index is 492. The fourth-order valence-electron chi connectivity index (χ4n) is 1.66. The van der Waals surface area contributed by atoms with E-state index in [4.69, 9.17) is 11.6 Å². The van der Waals surface area contributed by atoms with Crippen LogP contribution in [0.1, 0.15) is 11.1 Å². The van der Waals surface area contributed by atoms with E-state index in [1.165, 1.54) is 11.1 Å². The van der Waals surface area contributed by atoms with Crippen molar-refractivity contribution in [2.45, 2.75) is 13.8 Å². The molecule has 1 aromatic heterocycles. The molecule has 2 heteroatoms. The van der Waals surface area contributed by atoms with Gasteiger partial charge in [-0.2, -0.15) is 0 Å². The van der Waals surface area contributed by atoms with Crippen LogP contribution in [0.25, 0.3) is 11.3 Å². The molecule has 1 nitrogen and oxygen atoms in total. The fraction of sp³-hybridized carbons (Fsp3) is 0.154. The number of hydrogen-bond acceptors (Lipinski definition) is 1. The summed E-state index contributed by atoms with van der Waals surface area (Å²) in [6, 6.07) is 12.0. The predicted molar refractivity (Wildman–Crippen MR) is 64.2 cm³/mol. The number of aryl methyl sites for hydroxylation is 2. The molecule has 0 atom stereocenters. The summed E-state index contributed by atoms with van der Waals surface area (Å²) in [4.78, 5) is 4.30. The molecule has 1 heterocycles. The summed E-state index contributed by atoms with van der Waals surface area (Å²) in [6.07, 6.45) is 0. The summed E-state index contributed by atoms with van der Waals surface area (Å²) in [6.45, 7) is 4.17. The van der Waals surface area contributed by atoms with E-state index in [1.807, 2.05) is 12.1 Å². The van der Waals surface area contributed by atoms with Crippen LogP contribution in [-0.2, 0) is 0 Å². The van der Waals surface area contributed by atoms with Gasteiger partial charge in [-0.3, -0.25) is 0 Å². The summed E-state index contributed by atoms with van der Waals surface area (Å²) < 4.78 is 0. The first kappa shape index (κ1) is 10.2. The van der Waals surface area contributed by atoms with Gasteiger partial charge in [-0.15, -0.1) is 0 Å². The number of pyridine rings is 1. The van der Waals surface area contributed by atoms with E-state index < -0.39 is 0 Å². The topological polar surface area (TPSA) is 12.9 Å². The molecule has 0 saturated heterocycles. The Kier molecular flexibility index (Phi) is 2.74. The maximum atomic E-state index is 5.87. The number of halogens is 1. The van der Waals surface area contributed by atoms with E-state index in [9.17, 15) is 0 Å². The zero-order chi connectivity index (χ0) is 10.8.